The number of carbonyl (C=O) groups is 2. The topological polar surface area (TPSA) is 96.0 Å². The molecule has 0 bridgehead atoms. The SMILES string of the molecule is CCC(C)(COC(C)C)C(=O)OCS(=O)(=O)CC1CCOC1=O. The minimum atomic E-state index is -3.68. The zero-order valence-corrected chi connectivity index (χ0v) is 15.0. The Morgan fingerprint density at radius 1 is 1.43 bits per heavy atom. The second-order valence-corrected chi connectivity index (χ2v) is 8.44. The Hall–Kier alpha value is -1.15. The molecule has 23 heavy (non-hydrogen) atoms. The van der Waals surface area contributed by atoms with Gasteiger partial charge in [-0.2, -0.15) is 0 Å². The van der Waals surface area contributed by atoms with Gasteiger partial charge in [0.25, 0.3) is 0 Å². The summed E-state index contributed by atoms with van der Waals surface area (Å²) in [4.78, 5) is 23.5. The van der Waals surface area contributed by atoms with E-state index in [0.717, 1.165) is 0 Å². The lowest BCUT2D eigenvalue weighted by atomic mass is 9.89. The van der Waals surface area contributed by atoms with Crippen LogP contribution in [0.15, 0.2) is 0 Å². The third kappa shape index (κ3) is 6.10. The van der Waals surface area contributed by atoms with E-state index in [2.05, 4.69) is 0 Å². The van der Waals surface area contributed by atoms with Gasteiger partial charge in [-0.05, 0) is 33.6 Å². The summed E-state index contributed by atoms with van der Waals surface area (Å²) in [5.74, 6) is -2.88. The molecule has 1 aliphatic heterocycles. The Labute approximate surface area is 137 Å². The van der Waals surface area contributed by atoms with Crippen LogP contribution in [-0.2, 0) is 33.6 Å². The molecule has 1 fully saturated rings. The van der Waals surface area contributed by atoms with Crippen LogP contribution in [0.2, 0.25) is 0 Å². The predicted octanol–water partition coefficient (Wildman–Crippen LogP) is 1.31. The molecule has 0 aliphatic carbocycles. The molecule has 0 aromatic heterocycles. The molecule has 0 amide bonds. The third-order valence-corrected chi connectivity index (χ3v) is 5.26. The molecule has 0 aromatic rings. The Kier molecular flexibility index (Phi) is 7.01. The van der Waals surface area contributed by atoms with Gasteiger partial charge in [0.2, 0.25) is 0 Å². The molecule has 2 atom stereocenters. The highest BCUT2D eigenvalue weighted by Gasteiger charge is 2.36. The molecular formula is C15H26O7S. The van der Waals surface area contributed by atoms with Crippen LogP contribution in [0.25, 0.3) is 0 Å². The van der Waals surface area contributed by atoms with Crippen molar-refractivity contribution in [1.82, 2.24) is 0 Å². The van der Waals surface area contributed by atoms with Gasteiger partial charge in [-0.15, -0.1) is 0 Å². The van der Waals surface area contributed by atoms with Crippen molar-refractivity contribution in [2.75, 3.05) is 24.9 Å². The van der Waals surface area contributed by atoms with E-state index in [1.165, 1.54) is 0 Å². The first kappa shape index (κ1) is 19.9. The van der Waals surface area contributed by atoms with Gasteiger partial charge in [-0.25, -0.2) is 8.42 Å². The van der Waals surface area contributed by atoms with E-state index in [9.17, 15) is 18.0 Å². The van der Waals surface area contributed by atoms with Gasteiger partial charge in [-0.3, -0.25) is 9.59 Å². The molecule has 0 N–H and O–H groups in total. The Morgan fingerprint density at radius 3 is 2.57 bits per heavy atom. The van der Waals surface area contributed by atoms with Gasteiger partial charge in [0.1, 0.15) is 0 Å². The predicted molar refractivity (Wildman–Crippen MR) is 83.3 cm³/mol. The van der Waals surface area contributed by atoms with E-state index in [-0.39, 0.29) is 25.1 Å². The lowest BCUT2D eigenvalue weighted by Crippen LogP contribution is -2.36. The number of cyclic esters (lactones) is 1. The van der Waals surface area contributed by atoms with Crippen LogP contribution in [0.4, 0.5) is 0 Å². The van der Waals surface area contributed by atoms with Crippen molar-refractivity contribution >= 4 is 21.8 Å². The molecule has 0 spiro atoms. The fourth-order valence-corrected chi connectivity index (χ4v) is 3.32. The van der Waals surface area contributed by atoms with Crippen LogP contribution in [0, 0.1) is 11.3 Å². The van der Waals surface area contributed by atoms with Crippen LogP contribution in [0.3, 0.4) is 0 Å². The maximum absolute atomic E-state index is 12.2. The maximum atomic E-state index is 12.2. The zero-order chi connectivity index (χ0) is 17.7. The molecule has 134 valence electrons. The molecule has 1 aliphatic rings. The first-order valence-electron chi connectivity index (χ1n) is 7.75. The maximum Gasteiger partial charge on any atom is 0.315 e. The van der Waals surface area contributed by atoms with Crippen LogP contribution in [0.1, 0.15) is 40.5 Å². The van der Waals surface area contributed by atoms with Crippen molar-refractivity contribution in [3.05, 3.63) is 0 Å². The summed E-state index contributed by atoms with van der Waals surface area (Å²) in [6, 6.07) is 0. The molecule has 0 aromatic carbocycles. The van der Waals surface area contributed by atoms with E-state index in [1.807, 2.05) is 20.8 Å². The highest BCUT2D eigenvalue weighted by Crippen LogP contribution is 2.25. The van der Waals surface area contributed by atoms with Crippen molar-refractivity contribution in [2.24, 2.45) is 11.3 Å². The van der Waals surface area contributed by atoms with Crippen molar-refractivity contribution in [3.63, 3.8) is 0 Å². The molecule has 7 nitrogen and oxygen atoms in total. The van der Waals surface area contributed by atoms with Gasteiger partial charge < -0.3 is 14.2 Å². The number of carbonyl (C=O) groups excluding carboxylic acids is 2. The molecule has 0 saturated carbocycles. The molecule has 8 heteroatoms. The quantitative estimate of drug-likeness (QED) is 0.578. The largest absolute Gasteiger partial charge is 0.465 e. The number of sulfone groups is 1. The summed E-state index contributed by atoms with van der Waals surface area (Å²) in [7, 11) is -3.68. The first-order valence-corrected chi connectivity index (χ1v) is 9.57. The molecule has 1 saturated heterocycles. The van der Waals surface area contributed by atoms with Crippen molar-refractivity contribution in [2.45, 2.75) is 46.6 Å². The van der Waals surface area contributed by atoms with Gasteiger partial charge in [0.15, 0.2) is 15.8 Å². The van der Waals surface area contributed by atoms with Crippen LogP contribution in [-0.4, -0.2) is 51.4 Å². The molecule has 2 unspecified atom stereocenters. The summed E-state index contributed by atoms with van der Waals surface area (Å²) in [6.45, 7) is 7.60. The van der Waals surface area contributed by atoms with E-state index in [0.29, 0.717) is 12.8 Å². The van der Waals surface area contributed by atoms with Crippen LogP contribution >= 0.6 is 0 Å². The average Bonchev–Trinajstić information content (AvgIpc) is 2.86. The summed E-state index contributed by atoms with van der Waals surface area (Å²) in [6.07, 6.45) is 0.805. The fraction of sp³-hybridized carbons (Fsp3) is 0.867. The smallest absolute Gasteiger partial charge is 0.315 e. The van der Waals surface area contributed by atoms with Crippen LogP contribution in [0.5, 0.6) is 0 Å². The molecule has 0 radical (unpaired) electrons. The summed E-state index contributed by atoms with van der Waals surface area (Å²) in [5.41, 5.74) is -0.897. The summed E-state index contributed by atoms with van der Waals surface area (Å²) in [5, 5.41) is 0. The third-order valence-electron chi connectivity index (χ3n) is 3.88. The van der Waals surface area contributed by atoms with Gasteiger partial charge in [-0.1, -0.05) is 6.92 Å². The minimum Gasteiger partial charge on any atom is -0.465 e. The lowest BCUT2D eigenvalue weighted by molar-refractivity contribution is -0.157. The highest BCUT2D eigenvalue weighted by molar-refractivity contribution is 7.91. The van der Waals surface area contributed by atoms with Crippen molar-refractivity contribution in [1.29, 1.82) is 0 Å². The molecule has 1 rings (SSSR count). The van der Waals surface area contributed by atoms with E-state index < -0.39 is 39.0 Å². The normalized spacial score (nSPS) is 21.1. The van der Waals surface area contributed by atoms with Crippen molar-refractivity contribution in [3.8, 4) is 0 Å². The van der Waals surface area contributed by atoms with Gasteiger partial charge in [0, 0.05) is 0 Å². The standard InChI is InChI=1S/C15H26O7S/c1-5-15(4,9-21-11(2)3)14(17)22-10-23(18,19)8-12-6-7-20-13(12)16/h11-12H,5-10H2,1-4H3. The number of hydrogen-bond donors (Lipinski definition) is 0. The van der Waals surface area contributed by atoms with Crippen molar-refractivity contribution < 1.29 is 32.2 Å². The second kappa shape index (κ2) is 8.10. The monoisotopic (exact) mass is 350 g/mol. The average molecular weight is 350 g/mol. The van der Waals surface area contributed by atoms with Gasteiger partial charge in [0.05, 0.1) is 36.4 Å². The number of hydrogen-bond acceptors (Lipinski definition) is 7. The Balaban J connectivity index is 2.56. The number of ether oxygens (including phenoxy) is 3. The molecular weight excluding hydrogens is 324 g/mol. The van der Waals surface area contributed by atoms with E-state index in [4.69, 9.17) is 14.2 Å². The summed E-state index contributed by atoms with van der Waals surface area (Å²) >= 11 is 0. The fourth-order valence-electron chi connectivity index (χ4n) is 2.02. The number of esters is 2. The first-order chi connectivity index (χ1) is 10.6. The van der Waals surface area contributed by atoms with Crippen LogP contribution < -0.4 is 0 Å². The Morgan fingerprint density at radius 2 is 2.09 bits per heavy atom. The lowest BCUT2D eigenvalue weighted by Gasteiger charge is -2.26. The second-order valence-electron chi connectivity index (χ2n) is 6.39. The zero-order valence-electron chi connectivity index (χ0n) is 14.2. The number of rotatable bonds is 9. The summed E-state index contributed by atoms with van der Waals surface area (Å²) < 4.78 is 39.2. The van der Waals surface area contributed by atoms with E-state index >= 15 is 0 Å². The van der Waals surface area contributed by atoms with E-state index in [1.54, 1.807) is 6.92 Å². The highest BCUT2D eigenvalue weighted by atomic mass is 32.2. The molecule has 1 heterocycles. The minimum absolute atomic E-state index is 0.0363. The Bertz CT molecular complexity index is 526. The van der Waals surface area contributed by atoms with Gasteiger partial charge >= 0.3 is 11.9 Å².